The third kappa shape index (κ3) is 2.89. The minimum absolute atomic E-state index is 0.0544. The zero-order valence-electron chi connectivity index (χ0n) is 13.6. The summed E-state index contributed by atoms with van der Waals surface area (Å²) in [4.78, 5) is 37.8. The van der Waals surface area contributed by atoms with E-state index in [0.29, 0.717) is 24.9 Å². The van der Waals surface area contributed by atoms with Gasteiger partial charge in [-0.1, -0.05) is 35.3 Å². The van der Waals surface area contributed by atoms with Gasteiger partial charge in [0.05, 0.1) is 10.0 Å². The lowest BCUT2D eigenvalue weighted by atomic mass is 9.91. The van der Waals surface area contributed by atoms with Crippen molar-refractivity contribution in [2.75, 3.05) is 6.54 Å². The van der Waals surface area contributed by atoms with Crippen LogP contribution in [-0.4, -0.2) is 29.1 Å². The van der Waals surface area contributed by atoms with Gasteiger partial charge in [0.2, 0.25) is 23.2 Å². The number of benzene rings is 1. The highest BCUT2D eigenvalue weighted by Gasteiger charge is 2.53. The Kier molecular flexibility index (Phi) is 4.51. The summed E-state index contributed by atoms with van der Waals surface area (Å²) >= 11 is 12.3. The number of likely N-dealkylation sites (tertiary alicyclic amines) is 1. The molecule has 2 aliphatic rings. The van der Waals surface area contributed by atoms with E-state index < -0.39 is 17.4 Å². The fourth-order valence-electron chi connectivity index (χ4n) is 2.92. The minimum atomic E-state index is -1.55. The van der Waals surface area contributed by atoms with Gasteiger partial charge in [-0.2, -0.15) is 0 Å². The van der Waals surface area contributed by atoms with Gasteiger partial charge in [0.1, 0.15) is 0 Å². The van der Waals surface area contributed by atoms with Gasteiger partial charge < -0.3 is 9.47 Å². The van der Waals surface area contributed by atoms with Crippen LogP contribution in [0.25, 0.3) is 0 Å². The third-order valence-corrected chi connectivity index (χ3v) is 4.98. The second kappa shape index (κ2) is 6.35. The number of halogens is 2. The number of hydrogen-bond acceptors (Lipinski definition) is 5. The van der Waals surface area contributed by atoms with E-state index in [1.165, 1.54) is 18.7 Å². The van der Waals surface area contributed by atoms with Crippen LogP contribution in [0.2, 0.25) is 10.0 Å². The number of rotatable bonds is 3. The number of amides is 1. The predicted octanol–water partition coefficient (Wildman–Crippen LogP) is 3.16. The fraction of sp³-hybridized carbons (Fsp3) is 0.353. The number of hydrogen-bond donors (Lipinski definition) is 0. The highest BCUT2D eigenvalue weighted by Crippen LogP contribution is 2.45. The molecular weight excluding hydrogens is 369 g/mol. The number of Topliss-reactive ketones (excluding diaryl/α,β-unsaturated/α-hetero) is 1. The molecule has 1 fully saturated rings. The van der Waals surface area contributed by atoms with E-state index in [2.05, 4.69) is 0 Å². The average molecular weight is 384 g/mol. The van der Waals surface area contributed by atoms with Crippen LogP contribution in [0.5, 0.6) is 0 Å². The summed E-state index contributed by atoms with van der Waals surface area (Å²) in [7, 11) is 0. The molecule has 1 unspecified atom stereocenters. The Bertz CT molecular complexity index is 819. The van der Waals surface area contributed by atoms with E-state index in [1.54, 1.807) is 18.2 Å². The molecule has 0 spiro atoms. The molecule has 1 atom stereocenters. The van der Waals surface area contributed by atoms with Gasteiger partial charge in [0.15, 0.2) is 0 Å². The van der Waals surface area contributed by atoms with Crippen LogP contribution in [0.4, 0.5) is 0 Å². The molecule has 3 rings (SSSR count). The van der Waals surface area contributed by atoms with Gasteiger partial charge >= 0.3 is 5.97 Å². The maximum Gasteiger partial charge on any atom is 0.308 e. The molecule has 0 bridgehead atoms. The first-order valence-corrected chi connectivity index (χ1v) is 8.42. The molecule has 25 heavy (non-hydrogen) atoms. The van der Waals surface area contributed by atoms with Crippen LogP contribution in [0, 0.1) is 0 Å². The number of carbonyl (C=O) groups excluding carboxylic acids is 3. The quantitative estimate of drug-likeness (QED) is 0.749. The first kappa shape index (κ1) is 17.8. The molecule has 8 heteroatoms. The van der Waals surface area contributed by atoms with Crippen molar-refractivity contribution in [2.24, 2.45) is 0 Å². The Morgan fingerprint density at radius 3 is 2.64 bits per heavy atom. The number of carbonyl (C=O) groups is 3. The van der Waals surface area contributed by atoms with Crippen LogP contribution in [0.15, 0.2) is 29.8 Å². The second-order valence-corrected chi connectivity index (χ2v) is 6.73. The zero-order chi connectivity index (χ0) is 18.4. The Morgan fingerprint density at radius 1 is 1.32 bits per heavy atom. The van der Waals surface area contributed by atoms with E-state index in [9.17, 15) is 14.4 Å². The number of ketones is 1. The molecule has 0 saturated carbocycles. The summed E-state index contributed by atoms with van der Waals surface area (Å²) < 4.78 is 10.9. The predicted molar refractivity (Wildman–Crippen MR) is 89.6 cm³/mol. The molecule has 1 amide bonds. The molecule has 1 aromatic rings. The molecule has 0 radical (unpaired) electrons. The van der Waals surface area contributed by atoms with Crippen molar-refractivity contribution in [3.05, 3.63) is 45.5 Å². The highest BCUT2D eigenvalue weighted by molar-refractivity contribution is 6.42. The molecule has 2 heterocycles. The lowest BCUT2D eigenvalue weighted by molar-refractivity contribution is -0.142. The zero-order valence-corrected chi connectivity index (χ0v) is 15.1. The topological polar surface area (TPSA) is 72.9 Å². The maximum atomic E-state index is 13.0. The van der Waals surface area contributed by atoms with Crippen LogP contribution in [-0.2, 0) is 29.5 Å². The molecule has 2 aliphatic heterocycles. The van der Waals surface area contributed by atoms with Crippen molar-refractivity contribution < 1.29 is 23.9 Å². The van der Waals surface area contributed by atoms with E-state index in [1.807, 2.05) is 0 Å². The molecule has 0 N–H and O–H groups in total. The van der Waals surface area contributed by atoms with Gasteiger partial charge in [-0.15, -0.1) is 0 Å². The maximum absolute atomic E-state index is 13.0. The summed E-state index contributed by atoms with van der Waals surface area (Å²) in [5.41, 5.74) is -1.22. The largest absolute Gasteiger partial charge is 0.456 e. The monoisotopic (exact) mass is 383 g/mol. The van der Waals surface area contributed by atoms with Crippen molar-refractivity contribution in [2.45, 2.75) is 32.3 Å². The standard InChI is InChI=1S/C17H15Cl2NO5/c1-9(21)24-14-15(23)17(2,10-5-3-6-11(18)13(10)19)25-16(14)20-8-4-7-12(20)22/h3,5-6H,4,7-8H2,1-2H3. The molecule has 6 nitrogen and oxygen atoms in total. The SMILES string of the molecule is CC(=O)OC1=C(N2CCCC2=O)OC(C)(c2cccc(Cl)c2Cl)C1=O. The fourth-order valence-corrected chi connectivity index (χ4v) is 3.40. The molecular formula is C17H15Cl2NO5. The third-order valence-electron chi connectivity index (χ3n) is 4.16. The van der Waals surface area contributed by atoms with Crippen LogP contribution in [0.1, 0.15) is 32.3 Å². The summed E-state index contributed by atoms with van der Waals surface area (Å²) in [5, 5.41) is 0.424. The smallest absolute Gasteiger partial charge is 0.308 e. The van der Waals surface area contributed by atoms with E-state index >= 15 is 0 Å². The lowest BCUT2D eigenvalue weighted by Gasteiger charge is -2.26. The first-order chi connectivity index (χ1) is 11.8. The molecule has 1 saturated heterocycles. The summed E-state index contributed by atoms with van der Waals surface area (Å²) in [5.74, 6) is -1.82. The highest BCUT2D eigenvalue weighted by atomic mass is 35.5. The van der Waals surface area contributed by atoms with E-state index in [-0.39, 0.29) is 27.6 Å². The van der Waals surface area contributed by atoms with Crippen LogP contribution < -0.4 is 0 Å². The lowest BCUT2D eigenvalue weighted by Crippen LogP contribution is -2.33. The van der Waals surface area contributed by atoms with Gasteiger partial charge in [-0.25, -0.2) is 0 Å². The molecule has 0 aromatic heterocycles. The van der Waals surface area contributed by atoms with Crippen molar-refractivity contribution in [3.63, 3.8) is 0 Å². The number of nitrogens with zero attached hydrogens (tertiary/aromatic N) is 1. The minimum Gasteiger partial charge on any atom is -0.456 e. The van der Waals surface area contributed by atoms with Crippen LogP contribution >= 0.6 is 23.2 Å². The van der Waals surface area contributed by atoms with Gasteiger partial charge in [-0.05, 0) is 19.4 Å². The first-order valence-electron chi connectivity index (χ1n) is 7.67. The number of esters is 1. The Morgan fingerprint density at radius 2 is 2.04 bits per heavy atom. The van der Waals surface area contributed by atoms with Crippen LogP contribution in [0.3, 0.4) is 0 Å². The Hall–Kier alpha value is -2.05. The summed E-state index contributed by atoms with van der Waals surface area (Å²) in [6.45, 7) is 3.06. The van der Waals surface area contributed by atoms with Crippen molar-refractivity contribution in [1.29, 1.82) is 0 Å². The van der Waals surface area contributed by atoms with Crippen molar-refractivity contribution in [1.82, 2.24) is 4.90 Å². The van der Waals surface area contributed by atoms with Gasteiger partial charge in [0, 0.05) is 25.5 Å². The normalized spacial score (nSPS) is 23.3. The Labute approximate surface area is 154 Å². The Balaban J connectivity index is 2.09. The summed E-state index contributed by atoms with van der Waals surface area (Å²) in [6.07, 6.45) is 0.963. The molecule has 0 aliphatic carbocycles. The van der Waals surface area contributed by atoms with E-state index in [0.717, 1.165) is 0 Å². The van der Waals surface area contributed by atoms with E-state index in [4.69, 9.17) is 32.7 Å². The van der Waals surface area contributed by atoms with Crippen molar-refractivity contribution >= 4 is 40.9 Å². The number of ether oxygens (including phenoxy) is 2. The van der Waals surface area contributed by atoms with Gasteiger partial charge in [-0.3, -0.25) is 19.3 Å². The summed E-state index contributed by atoms with van der Waals surface area (Å²) in [6, 6.07) is 4.82. The molecule has 1 aromatic carbocycles. The molecule has 132 valence electrons. The average Bonchev–Trinajstić information content (AvgIpc) is 3.07. The van der Waals surface area contributed by atoms with Crippen molar-refractivity contribution in [3.8, 4) is 0 Å². The van der Waals surface area contributed by atoms with Gasteiger partial charge in [0.25, 0.3) is 5.78 Å². The second-order valence-electron chi connectivity index (χ2n) is 5.94.